The number of nitrogens with two attached hydrogens (primary N) is 1. The van der Waals surface area contributed by atoms with Crippen molar-refractivity contribution < 1.29 is 36.5 Å². The molecule has 0 unspecified atom stereocenters. The van der Waals surface area contributed by atoms with Crippen LogP contribution in [0, 0.1) is 0 Å². The molecule has 4 atom stereocenters. The monoisotopic (exact) mass is 555 g/mol. The zero-order valence-electron chi connectivity index (χ0n) is 19.1. The SMILES string of the molecule is Nc1ncnc2c1ncn2[C@@H]1O[C@H](Cn2cc(CNS(=O)(=O)c3ccc(C(F)(F)F)cc3)nn2)[C@@H](O)[C@H]1O. The lowest BCUT2D eigenvalue weighted by atomic mass is 10.1. The van der Waals surface area contributed by atoms with E-state index in [0.717, 1.165) is 12.1 Å². The Morgan fingerprint density at radius 2 is 1.84 bits per heavy atom. The maximum atomic E-state index is 12.7. The molecule has 0 bridgehead atoms. The van der Waals surface area contributed by atoms with Crippen molar-refractivity contribution in [2.24, 2.45) is 0 Å². The lowest BCUT2D eigenvalue weighted by Crippen LogP contribution is -2.33. The van der Waals surface area contributed by atoms with Crippen LogP contribution in [-0.4, -0.2) is 71.5 Å². The van der Waals surface area contributed by atoms with E-state index in [1.807, 2.05) is 0 Å². The molecule has 4 aromatic rings. The molecule has 38 heavy (non-hydrogen) atoms. The smallest absolute Gasteiger partial charge is 0.387 e. The maximum Gasteiger partial charge on any atom is 0.416 e. The Balaban J connectivity index is 1.23. The van der Waals surface area contributed by atoms with Gasteiger partial charge < -0.3 is 20.7 Å². The van der Waals surface area contributed by atoms with E-state index in [4.69, 9.17) is 10.5 Å². The number of nitrogens with one attached hydrogen (secondary N) is 1. The van der Waals surface area contributed by atoms with Crippen molar-refractivity contribution in [1.82, 2.24) is 39.2 Å². The summed E-state index contributed by atoms with van der Waals surface area (Å²) in [4.78, 5) is 11.7. The summed E-state index contributed by atoms with van der Waals surface area (Å²) in [6, 6.07) is 3.06. The zero-order chi connectivity index (χ0) is 27.2. The molecule has 1 saturated heterocycles. The van der Waals surface area contributed by atoms with E-state index < -0.39 is 46.3 Å². The molecule has 1 fully saturated rings. The highest BCUT2D eigenvalue weighted by molar-refractivity contribution is 7.89. The fourth-order valence-corrected chi connectivity index (χ4v) is 4.93. The third-order valence-electron chi connectivity index (χ3n) is 5.89. The quantitative estimate of drug-likeness (QED) is 0.236. The first-order valence-electron chi connectivity index (χ1n) is 10.9. The number of sulfonamides is 1. The van der Waals surface area contributed by atoms with Crippen LogP contribution in [0.1, 0.15) is 17.5 Å². The van der Waals surface area contributed by atoms with E-state index in [9.17, 15) is 31.8 Å². The number of rotatable bonds is 7. The second kappa shape index (κ2) is 9.55. The van der Waals surface area contributed by atoms with E-state index in [1.54, 1.807) is 0 Å². The van der Waals surface area contributed by atoms with Gasteiger partial charge in [0.05, 0.1) is 35.6 Å². The molecule has 0 radical (unpaired) electrons. The molecule has 14 nitrogen and oxygen atoms in total. The van der Waals surface area contributed by atoms with Crippen LogP contribution in [0.5, 0.6) is 0 Å². The topological polar surface area (TPSA) is 196 Å². The van der Waals surface area contributed by atoms with Crippen LogP contribution in [0.2, 0.25) is 0 Å². The minimum Gasteiger partial charge on any atom is -0.387 e. The number of hydrogen-bond acceptors (Lipinski definition) is 11. The molecular weight excluding hydrogens is 535 g/mol. The largest absolute Gasteiger partial charge is 0.416 e. The lowest BCUT2D eigenvalue weighted by Gasteiger charge is -2.16. The lowest BCUT2D eigenvalue weighted by molar-refractivity contribution is -0.137. The summed E-state index contributed by atoms with van der Waals surface area (Å²) in [6.45, 7) is -0.345. The van der Waals surface area contributed by atoms with Gasteiger partial charge in [-0.3, -0.25) is 4.57 Å². The second-order valence-corrected chi connectivity index (χ2v) is 10.2. The Kier molecular flexibility index (Phi) is 6.51. The third-order valence-corrected chi connectivity index (χ3v) is 7.30. The van der Waals surface area contributed by atoms with Crippen LogP contribution in [0.4, 0.5) is 19.0 Å². The average Bonchev–Trinajstić information content (AvgIpc) is 3.58. The van der Waals surface area contributed by atoms with Crippen LogP contribution in [0.15, 0.2) is 48.0 Å². The zero-order valence-corrected chi connectivity index (χ0v) is 20.0. The predicted octanol–water partition coefficient (Wildman–Crippen LogP) is -0.183. The molecule has 0 saturated carbocycles. The average molecular weight is 555 g/mol. The normalized spacial score (nSPS) is 22.3. The number of hydrogen-bond donors (Lipinski definition) is 4. The van der Waals surface area contributed by atoms with Gasteiger partial charge in [0.2, 0.25) is 10.0 Å². The number of nitrogen functional groups attached to an aromatic ring is 1. The molecule has 0 spiro atoms. The van der Waals surface area contributed by atoms with Gasteiger partial charge in [-0.2, -0.15) is 13.2 Å². The number of anilines is 1. The number of nitrogens with zero attached hydrogens (tertiary/aromatic N) is 7. The summed E-state index contributed by atoms with van der Waals surface area (Å²) in [5, 5.41) is 28.8. The first kappa shape index (κ1) is 25.9. The van der Waals surface area contributed by atoms with Crippen LogP contribution in [0.25, 0.3) is 11.2 Å². The van der Waals surface area contributed by atoms with Gasteiger partial charge in [-0.25, -0.2) is 32.8 Å². The van der Waals surface area contributed by atoms with Crippen LogP contribution >= 0.6 is 0 Å². The molecule has 202 valence electrons. The molecule has 4 heterocycles. The summed E-state index contributed by atoms with van der Waals surface area (Å²) in [6.07, 6.45) is -5.22. The number of halogens is 3. The van der Waals surface area contributed by atoms with E-state index in [1.165, 1.54) is 28.1 Å². The van der Waals surface area contributed by atoms with E-state index in [-0.39, 0.29) is 29.5 Å². The Labute approximate surface area is 211 Å². The van der Waals surface area contributed by atoms with Gasteiger partial charge in [0.1, 0.15) is 30.2 Å². The standard InChI is InChI=1S/C20H20F3N9O5S/c21-20(22,23)10-1-3-12(4-2-10)38(35,36)28-5-11-6-31(30-29-11)7-13-15(33)16(34)19(37-13)32-9-27-14-17(24)25-8-26-18(14)32/h1-4,6,8-9,13,15-16,19,28,33-34H,5,7H2,(H2,24,25,26)/t13-,15-,16-,19-/m1/s1. The molecular formula is C20H20F3N9O5S. The summed E-state index contributed by atoms with van der Waals surface area (Å²) in [5.41, 5.74) is 5.62. The first-order chi connectivity index (χ1) is 17.9. The van der Waals surface area contributed by atoms with Gasteiger partial charge in [0, 0.05) is 6.20 Å². The van der Waals surface area contributed by atoms with Gasteiger partial charge in [-0.05, 0) is 24.3 Å². The number of benzene rings is 1. The number of aliphatic hydroxyl groups excluding tert-OH is 2. The van der Waals surface area contributed by atoms with Crippen molar-refractivity contribution in [3.05, 3.63) is 54.4 Å². The highest BCUT2D eigenvalue weighted by Gasteiger charge is 2.44. The van der Waals surface area contributed by atoms with Gasteiger partial charge in [0.25, 0.3) is 0 Å². The molecule has 1 aliphatic heterocycles. The minimum absolute atomic E-state index is 0.0445. The molecule has 5 N–H and O–H groups in total. The van der Waals surface area contributed by atoms with E-state index in [2.05, 4.69) is 30.0 Å². The Morgan fingerprint density at radius 1 is 1.11 bits per heavy atom. The van der Waals surface area contributed by atoms with Crippen molar-refractivity contribution in [2.45, 2.75) is 48.7 Å². The van der Waals surface area contributed by atoms with E-state index >= 15 is 0 Å². The molecule has 0 amide bonds. The van der Waals surface area contributed by atoms with Crippen molar-refractivity contribution in [3.63, 3.8) is 0 Å². The predicted molar refractivity (Wildman–Crippen MR) is 121 cm³/mol. The second-order valence-electron chi connectivity index (χ2n) is 8.41. The first-order valence-corrected chi connectivity index (χ1v) is 12.4. The Bertz CT molecular complexity index is 1560. The number of aliphatic hydroxyl groups is 2. The van der Waals surface area contributed by atoms with Gasteiger partial charge >= 0.3 is 6.18 Å². The molecule has 18 heteroatoms. The Morgan fingerprint density at radius 3 is 2.55 bits per heavy atom. The molecule has 5 rings (SSSR count). The third kappa shape index (κ3) is 4.90. The Hall–Kier alpha value is -3.71. The van der Waals surface area contributed by atoms with Crippen molar-refractivity contribution in [1.29, 1.82) is 0 Å². The molecule has 1 aromatic carbocycles. The van der Waals surface area contributed by atoms with Crippen molar-refractivity contribution in [3.8, 4) is 0 Å². The highest BCUT2D eigenvalue weighted by Crippen LogP contribution is 2.33. The summed E-state index contributed by atoms with van der Waals surface area (Å²) in [5.74, 6) is 0.141. The van der Waals surface area contributed by atoms with Gasteiger partial charge in [-0.1, -0.05) is 5.21 Å². The van der Waals surface area contributed by atoms with Crippen molar-refractivity contribution in [2.75, 3.05) is 5.73 Å². The number of alkyl halides is 3. The molecule has 3 aromatic heterocycles. The van der Waals surface area contributed by atoms with Crippen LogP contribution in [0.3, 0.4) is 0 Å². The van der Waals surface area contributed by atoms with Crippen LogP contribution in [-0.2, 0) is 34.0 Å². The van der Waals surface area contributed by atoms with Crippen LogP contribution < -0.4 is 10.5 Å². The summed E-state index contributed by atoms with van der Waals surface area (Å²) in [7, 11) is -4.12. The van der Waals surface area contributed by atoms with Gasteiger partial charge in [0.15, 0.2) is 17.7 Å². The number of fused-ring (bicyclic) bond motifs is 1. The fourth-order valence-electron chi connectivity index (χ4n) is 3.93. The minimum atomic E-state index is -4.59. The number of aromatic nitrogens is 7. The van der Waals surface area contributed by atoms with Gasteiger partial charge in [-0.15, -0.1) is 5.10 Å². The number of ether oxygens (including phenoxy) is 1. The van der Waals surface area contributed by atoms with E-state index in [0.29, 0.717) is 23.3 Å². The summed E-state index contributed by atoms with van der Waals surface area (Å²) >= 11 is 0. The molecule has 0 aliphatic carbocycles. The summed E-state index contributed by atoms with van der Waals surface area (Å²) < 4.78 is 73.8. The van der Waals surface area contributed by atoms with Crippen molar-refractivity contribution >= 4 is 27.0 Å². The fraction of sp³-hybridized carbons (Fsp3) is 0.350. The highest BCUT2D eigenvalue weighted by atomic mass is 32.2. The molecule has 1 aliphatic rings. The maximum absolute atomic E-state index is 12.7. The number of imidazole rings is 1.